The second kappa shape index (κ2) is 6.53. The number of imide groups is 1. The average molecular weight is 215 g/mol. The zero-order chi connectivity index (χ0) is 11.1. The van der Waals surface area contributed by atoms with Gasteiger partial charge < -0.3 is 9.84 Å². The number of rotatable bonds is 6. The molecule has 1 heterocycles. The maximum absolute atomic E-state index is 11.3. The van der Waals surface area contributed by atoms with Gasteiger partial charge in [-0.25, -0.2) is 0 Å². The van der Waals surface area contributed by atoms with Crippen molar-refractivity contribution >= 4 is 11.8 Å². The highest BCUT2D eigenvalue weighted by Gasteiger charge is 2.25. The summed E-state index contributed by atoms with van der Waals surface area (Å²) in [4.78, 5) is 23.8. The maximum atomic E-state index is 11.3. The Kier molecular flexibility index (Phi) is 5.28. The van der Waals surface area contributed by atoms with Crippen molar-refractivity contribution in [2.45, 2.75) is 25.7 Å². The number of hydrogen-bond acceptors (Lipinski definition) is 4. The highest BCUT2D eigenvalue weighted by atomic mass is 16.5. The van der Waals surface area contributed by atoms with Crippen molar-refractivity contribution in [1.82, 2.24) is 4.90 Å². The molecule has 0 unspecified atom stereocenters. The van der Waals surface area contributed by atoms with E-state index in [1.807, 2.05) is 0 Å². The fourth-order valence-corrected chi connectivity index (χ4v) is 1.51. The number of unbranched alkanes of at least 4 members (excludes halogenated alkanes) is 3. The van der Waals surface area contributed by atoms with E-state index in [4.69, 9.17) is 9.84 Å². The van der Waals surface area contributed by atoms with Crippen LogP contribution in [-0.4, -0.2) is 48.2 Å². The molecule has 0 saturated carbocycles. The number of ether oxygens (including phenoxy) is 1. The Bertz CT molecular complexity index is 213. The van der Waals surface area contributed by atoms with Crippen LogP contribution in [0.3, 0.4) is 0 Å². The minimum atomic E-state index is -0.242. The first-order chi connectivity index (χ1) is 7.25. The largest absolute Gasteiger partial charge is 0.396 e. The van der Waals surface area contributed by atoms with E-state index < -0.39 is 0 Å². The minimum absolute atomic E-state index is 0.0162. The Morgan fingerprint density at radius 2 is 1.67 bits per heavy atom. The molecule has 0 aromatic heterocycles. The summed E-state index contributed by atoms with van der Waals surface area (Å²) >= 11 is 0. The van der Waals surface area contributed by atoms with Crippen LogP contribution in [0.4, 0.5) is 0 Å². The summed E-state index contributed by atoms with van der Waals surface area (Å²) in [7, 11) is 0. The Balaban J connectivity index is 2.18. The van der Waals surface area contributed by atoms with Crippen molar-refractivity contribution in [3.05, 3.63) is 0 Å². The molecular weight excluding hydrogens is 198 g/mol. The van der Waals surface area contributed by atoms with Crippen LogP contribution in [0.2, 0.25) is 0 Å². The zero-order valence-corrected chi connectivity index (χ0v) is 8.78. The van der Waals surface area contributed by atoms with E-state index in [-0.39, 0.29) is 31.6 Å². The van der Waals surface area contributed by atoms with Crippen LogP contribution in [0.25, 0.3) is 0 Å². The number of aliphatic hydroxyl groups excluding tert-OH is 1. The van der Waals surface area contributed by atoms with E-state index in [0.29, 0.717) is 6.54 Å². The summed E-state index contributed by atoms with van der Waals surface area (Å²) in [6.07, 6.45) is 3.45. The molecule has 0 radical (unpaired) electrons. The minimum Gasteiger partial charge on any atom is -0.396 e. The first kappa shape index (κ1) is 12.1. The number of amides is 2. The van der Waals surface area contributed by atoms with Crippen molar-refractivity contribution < 1.29 is 19.4 Å². The maximum Gasteiger partial charge on any atom is 0.255 e. The molecule has 1 saturated heterocycles. The van der Waals surface area contributed by atoms with Gasteiger partial charge in [-0.05, 0) is 12.8 Å². The van der Waals surface area contributed by atoms with E-state index in [1.165, 1.54) is 4.90 Å². The van der Waals surface area contributed by atoms with E-state index in [2.05, 4.69) is 0 Å². The molecule has 0 aliphatic carbocycles. The molecule has 2 amide bonds. The monoisotopic (exact) mass is 215 g/mol. The second-order valence-electron chi connectivity index (χ2n) is 3.57. The molecule has 1 aliphatic rings. The second-order valence-corrected chi connectivity index (χ2v) is 3.57. The van der Waals surface area contributed by atoms with Crippen molar-refractivity contribution in [1.29, 1.82) is 0 Å². The molecule has 0 spiro atoms. The summed E-state index contributed by atoms with van der Waals surface area (Å²) in [5, 5.41) is 8.56. The van der Waals surface area contributed by atoms with Crippen LogP contribution in [0.15, 0.2) is 0 Å². The highest BCUT2D eigenvalue weighted by Crippen LogP contribution is 2.05. The summed E-state index contributed by atoms with van der Waals surface area (Å²) in [5.41, 5.74) is 0. The van der Waals surface area contributed by atoms with Gasteiger partial charge in [-0.3, -0.25) is 14.5 Å². The Morgan fingerprint density at radius 1 is 1.07 bits per heavy atom. The van der Waals surface area contributed by atoms with E-state index in [0.717, 1.165) is 25.7 Å². The number of carbonyl (C=O) groups is 2. The normalized spacial score (nSPS) is 17.3. The number of aliphatic hydroxyl groups is 1. The fraction of sp³-hybridized carbons (Fsp3) is 0.800. The van der Waals surface area contributed by atoms with Gasteiger partial charge in [-0.1, -0.05) is 12.8 Å². The van der Waals surface area contributed by atoms with Crippen LogP contribution in [0, 0.1) is 0 Å². The Labute approximate surface area is 89.0 Å². The van der Waals surface area contributed by atoms with Crippen LogP contribution >= 0.6 is 0 Å². The van der Waals surface area contributed by atoms with Crippen LogP contribution in [0.1, 0.15) is 25.7 Å². The van der Waals surface area contributed by atoms with Gasteiger partial charge in [-0.15, -0.1) is 0 Å². The predicted molar refractivity (Wildman–Crippen MR) is 53.1 cm³/mol. The summed E-state index contributed by atoms with van der Waals surface area (Å²) in [5.74, 6) is -0.484. The first-order valence-corrected chi connectivity index (χ1v) is 5.27. The van der Waals surface area contributed by atoms with Crippen molar-refractivity contribution in [2.24, 2.45) is 0 Å². The van der Waals surface area contributed by atoms with Crippen molar-refractivity contribution in [2.75, 3.05) is 26.4 Å². The smallest absolute Gasteiger partial charge is 0.255 e. The topological polar surface area (TPSA) is 66.8 Å². The molecule has 5 heteroatoms. The summed E-state index contributed by atoms with van der Waals surface area (Å²) in [6.45, 7) is 0.715. The molecule has 86 valence electrons. The molecule has 0 aromatic carbocycles. The molecule has 0 bridgehead atoms. The molecule has 1 fully saturated rings. The van der Waals surface area contributed by atoms with Gasteiger partial charge in [0.25, 0.3) is 11.8 Å². The summed E-state index contributed by atoms with van der Waals surface area (Å²) < 4.78 is 4.80. The predicted octanol–water partition coefficient (Wildman–Crippen LogP) is -0.0755. The number of carbonyl (C=O) groups excluding carboxylic acids is 2. The Hall–Kier alpha value is -0.940. The molecule has 1 N–H and O–H groups in total. The van der Waals surface area contributed by atoms with Crippen molar-refractivity contribution in [3.8, 4) is 0 Å². The summed E-state index contributed by atoms with van der Waals surface area (Å²) in [6, 6.07) is 0. The number of morpholine rings is 1. The molecule has 15 heavy (non-hydrogen) atoms. The Morgan fingerprint density at radius 3 is 2.27 bits per heavy atom. The molecule has 1 aliphatic heterocycles. The average Bonchev–Trinajstić information content (AvgIpc) is 2.21. The standard InChI is InChI=1S/C10H17NO4/c12-6-4-2-1-3-5-11-9(13)7-15-8-10(11)14/h12H,1-8H2. The van der Waals surface area contributed by atoms with Gasteiger partial charge in [-0.2, -0.15) is 0 Å². The lowest BCUT2D eigenvalue weighted by Gasteiger charge is -2.24. The molecule has 0 aromatic rings. The van der Waals surface area contributed by atoms with Gasteiger partial charge in [0, 0.05) is 13.2 Å². The van der Waals surface area contributed by atoms with E-state index >= 15 is 0 Å². The number of nitrogens with zero attached hydrogens (tertiary/aromatic N) is 1. The van der Waals surface area contributed by atoms with Crippen LogP contribution in [0.5, 0.6) is 0 Å². The third-order valence-corrected chi connectivity index (χ3v) is 2.34. The molecule has 1 rings (SSSR count). The van der Waals surface area contributed by atoms with Gasteiger partial charge >= 0.3 is 0 Å². The third-order valence-electron chi connectivity index (χ3n) is 2.34. The lowest BCUT2D eigenvalue weighted by molar-refractivity contribution is -0.158. The lowest BCUT2D eigenvalue weighted by atomic mass is 10.2. The van der Waals surface area contributed by atoms with Gasteiger partial charge in [0.2, 0.25) is 0 Å². The van der Waals surface area contributed by atoms with Crippen LogP contribution < -0.4 is 0 Å². The fourth-order valence-electron chi connectivity index (χ4n) is 1.51. The van der Waals surface area contributed by atoms with Crippen LogP contribution in [-0.2, 0) is 14.3 Å². The third kappa shape index (κ3) is 3.97. The SMILES string of the molecule is O=C1COCC(=O)N1CCCCCCO. The van der Waals surface area contributed by atoms with Gasteiger partial charge in [0.1, 0.15) is 13.2 Å². The van der Waals surface area contributed by atoms with E-state index in [1.54, 1.807) is 0 Å². The molecule has 5 nitrogen and oxygen atoms in total. The van der Waals surface area contributed by atoms with Gasteiger partial charge in [0.15, 0.2) is 0 Å². The van der Waals surface area contributed by atoms with Gasteiger partial charge in [0.05, 0.1) is 0 Å². The van der Waals surface area contributed by atoms with Crippen molar-refractivity contribution in [3.63, 3.8) is 0 Å². The van der Waals surface area contributed by atoms with E-state index in [9.17, 15) is 9.59 Å². The zero-order valence-electron chi connectivity index (χ0n) is 8.78. The quantitative estimate of drug-likeness (QED) is 0.497. The first-order valence-electron chi connectivity index (χ1n) is 5.27. The highest BCUT2D eigenvalue weighted by molar-refractivity contribution is 5.98. The molecule has 0 atom stereocenters. The lowest BCUT2D eigenvalue weighted by Crippen LogP contribution is -2.46. The number of hydrogen-bond donors (Lipinski definition) is 1. The molecular formula is C10H17NO4.